The zero-order valence-corrected chi connectivity index (χ0v) is 19.7. The predicted molar refractivity (Wildman–Crippen MR) is 136 cm³/mol. The maximum Gasteiger partial charge on any atom is 0.259 e. The lowest BCUT2D eigenvalue weighted by molar-refractivity contribution is 0.101. The number of hydrogen-bond donors (Lipinski definition) is 4. The Morgan fingerprint density at radius 1 is 0.676 bits per heavy atom. The molecule has 0 aliphatic heterocycles. The Hall–Kier alpha value is -3.80. The summed E-state index contributed by atoms with van der Waals surface area (Å²) in [5, 5.41) is 26.3. The van der Waals surface area contributed by atoms with Crippen LogP contribution in [0.5, 0.6) is 11.5 Å². The first-order chi connectivity index (χ1) is 16.4. The Balaban J connectivity index is 1.78. The lowest BCUT2D eigenvalue weighted by Crippen LogP contribution is -2.16. The Morgan fingerprint density at radius 2 is 1.09 bits per heavy atom. The molecule has 3 aromatic carbocycles. The predicted octanol–water partition coefficient (Wildman–Crippen LogP) is 6.29. The number of phenolic OH excluding ortho intramolecular Hbond substituents is 2. The molecule has 0 saturated carbocycles. The van der Waals surface area contributed by atoms with Gasteiger partial charge in [-0.05, 0) is 67.1 Å². The minimum Gasteiger partial charge on any atom is -0.507 e. The molecular weight excluding hydrogens is 428 g/mol. The highest BCUT2D eigenvalue weighted by atomic mass is 16.3. The number of aryl methyl sites for hydroxylation is 2. The number of amides is 2. The number of phenols is 2. The van der Waals surface area contributed by atoms with Crippen LogP contribution >= 0.6 is 0 Å². The van der Waals surface area contributed by atoms with E-state index >= 15 is 0 Å². The Labute approximate surface area is 200 Å². The minimum atomic E-state index is -0.407. The summed E-state index contributed by atoms with van der Waals surface area (Å²) in [6.07, 6.45) is 5.19. The van der Waals surface area contributed by atoms with Crippen LogP contribution in [0.3, 0.4) is 0 Å². The number of nitrogens with one attached hydrogen (secondary N) is 2. The summed E-state index contributed by atoms with van der Waals surface area (Å²) in [5.41, 5.74) is 3.08. The van der Waals surface area contributed by atoms with Gasteiger partial charge in [-0.25, -0.2) is 0 Å². The molecule has 0 heterocycles. The van der Waals surface area contributed by atoms with Gasteiger partial charge in [0.2, 0.25) is 0 Å². The van der Waals surface area contributed by atoms with Crippen LogP contribution in [0.4, 0.5) is 11.4 Å². The molecule has 0 aromatic heterocycles. The van der Waals surface area contributed by atoms with E-state index in [-0.39, 0.29) is 22.6 Å². The van der Waals surface area contributed by atoms with Crippen LogP contribution in [0.15, 0.2) is 60.7 Å². The molecule has 4 N–H and O–H groups in total. The van der Waals surface area contributed by atoms with Crippen LogP contribution in [-0.4, -0.2) is 22.0 Å². The Morgan fingerprint density at radius 3 is 1.50 bits per heavy atom. The van der Waals surface area contributed by atoms with Gasteiger partial charge in [0.15, 0.2) is 0 Å². The second-order valence-electron chi connectivity index (χ2n) is 8.32. The van der Waals surface area contributed by atoms with E-state index in [0.717, 1.165) is 36.8 Å². The molecule has 34 heavy (non-hydrogen) atoms. The first-order valence-corrected chi connectivity index (χ1v) is 11.8. The fourth-order valence-corrected chi connectivity index (χ4v) is 3.91. The van der Waals surface area contributed by atoms with Crippen molar-refractivity contribution >= 4 is 23.2 Å². The second-order valence-corrected chi connectivity index (χ2v) is 8.32. The number of anilines is 2. The van der Waals surface area contributed by atoms with Crippen LogP contribution in [0.25, 0.3) is 0 Å². The van der Waals surface area contributed by atoms with Crippen molar-refractivity contribution in [2.45, 2.75) is 52.4 Å². The lowest BCUT2D eigenvalue weighted by atomic mass is 10.00. The van der Waals surface area contributed by atoms with Gasteiger partial charge in [-0.2, -0.15) is 0 Å². The average Bonchev–Trinajstić information content (AvgIpc) is 2.81. The zero-order chi connectivity index (χ0) is 24.5. The molecule has 0 fully saturated rings. The SMILES string of the molecule is CCCCc1cccc(O)c1C(=O)Nc1cccc(NC(=O)c2c(O)cccc2CCCC)c1. The molecule has 2 amide bonds. The number of unbranched alkanes of at least 4 members (excludes halogenated alkanes) is 2. The van der Waals surface area contributed by atoms with Gasteiger partial charge in [0.1, 0.15) is 11.5 Å². The molecule has 6 nitrogen and oxygen atoms in total. The molecule has 0 aliphatic carbocycles. The van der Waals surface area contributed by atoms with E-state index in [4.69, 9.17) is 0 Å². The first-order valence-electron chi connectivity index (χ1n) is 11.8. The van der Waals surface area contributed by atoms with E-state index in [1.165, 1.54) is 12.1 Å². The number of hydrogen-bond acceptors (Lipinski definition) is 4. The van der Waals surface area contributed by atoms with Crippen molar-refractivity contribution in [2.24, 2.45) is 0 Å². The molecule has 0 radical (unpaired) electrons. The van der Waals surface area contributed by atoms with Crippen LogP contribution in [0, 0.1) is 0 Å². The van der Waals surface area contributed by atoms with Crippen LogP contribution in [0.1, 0.15) is 71.4 Å². The van der Waals surface area contributed by atoms with Gasteiger partial charge in [0, 0.05) is 11.4 Å². The van der Waals surface area contributed by atoms with Crippen molar-refractivity contribution in [2.75, 3.05) is 10.6 Å². The van der Waals surface area contributed by atoms with E-state index in [1.807, 2.05) is 12.1 Å². The molecule has 0 unspecified atom stereocenters. The molecule has 178 valence electrons. The molecular formula is C28H32N2O4. The summed E-state index contributed by atoms with van der Waals surface area (Å²) < 4.78 is 0. The third-order valence-electron chi connectivity index (χ3n) is 5.69. The molecule has 6 heteroatoms. The molecule has 0 aliphatic rings. The average molecular weight is 461 g/mol. The lowest BCUT2D eigenvalue weighted by Gasteiger charge is -2.14. The van der Waals surface area contributed by atoms with Gasteiger partial charge in [-0.1, -0.05) is 57.0 Å². The van der Waals surface area contributed by atoms with Gasteiger partial charge in [-0.15, -0.1) is 0 Å². The van der Waals surface area contributed by atoms with E-state index < -0.39 is 11.8 Å². The maximum absolute atomic E-state index is 13.0. The number of carbonyl (C=O) groups is 2. The molecule has 0 spiro atoms. The Bertz CT molecular complexity index is 1070. The van der Waals surface area contributed by atoms with Gasteiger partial charge in [-0.3, -0.25) is 9.59 Å². The van der Waals surface area contributed by atoms with E-state index in [9.17, 15) is 19.8 Å². The third kappa shape index (κ3) is 6.16. The number of rotatable bonds is 10. The number of benzene rings is 3. The van der Waals surface area contributed by atoms with Crippen molar-refractivity contribution in [3.05, 3.63) is 82.9 Å². The first kappa shape index (κ1) is 24.8. The highest BCUT2D eigenvalue weighted by Crippen LogP contribution is 2.27. The van der Waals surface area contributed by atoms with Crippen molar-refractivity contribution < 1.29 is 19.8 Å². The molecule has 3 rings (SSSR count). The molecule has 3 aromatic rings. The summed E-state index contributed by atoms with van der Waals surface area (Å²) in [4.78, 5) is 25.9. The van der Waals surface area contributed by atoms with Crippen LogP contribution in [0.2, 0.25) is 0 Å². The highest BCUT2D eigenvalue weighted by molar-refractivity contribution is 6.09. The quantitative estimate of drug-likeness (QED) is 0.286. The summed E-state index contributed by atoms with van der Waals surface area (Å²) in [6.45, 7) is 4.15. The second kappa shape index (κ2) is 11.9. The van der Waals surface area contributed by atoms with E-state index in [0.29, 0.717) is 24.2 Å². The third-order valence-corrected chi connectivity index (χ3v) is 5.69. The number of carbonyl (C=O) groups excluding carboxylic acids is 2. The minimum absolute atomic E-state index is 0.0604. The fourth-order valence-electron chi connectivity index (χ4n) is 3.91. The molecule has 0 saturated heterocycles. The van der Waals surface area contributed by atoms with Crippen LogP contribution in [-0.2, 0) is 12.8 Å². The largest absolute Gasteiger partial charge is 0.507 e. The monoisotopic (exact) mass is 460 g/mol. The van der Waals surface area contributed by atoms with Crippen molar-refractivity contribution in [3.63, 3.8) is 0 Å². The summed E-state index contributed by atoms with van der Waals surface area (Å²) in [6, 6.07) is 17.0. The van der Waals surface area contributed by atoms with Crippen LogP contribution < -0.4 is 10.6 Å². The van der Waals surface area contributed by atoms with Gasteiger partial charge in [0.05, 0.1) is 11.1 Å². The summed E-state index contributed by atoms with van der Waals surface area (Å²) in [7, 11) is 0. The maximum atomic E-state index is 13.0. The van der Waals surface area contributed by atoms with Gasteiger partial charge < -0.3 is 20.8 Å². The molecule has 0 bridgehead atoms. The Kier molecular flexibility index (Phi) is 8.68. The zero-order valence-electron chi connectivity index (χ0n) is 19.7. The van der Waals surface area contributed by atoms with Crippen molar-refractivity contribution in [1.82, 2.24) is 0 Å². The van der Waals surface area contributed by atoms with Crippen molar-refractivity contribution in [3.8, 4) is 11.5 Å². The normalized spacial score (nSPS) is 10.6. The standard InChI is InChI=1S/C28H32N2O4/c1-3-5-10-19-12-7-16-23(31)25(19)27(33)29-21-14-9-15-22(18-21)30-28(34)26-20(11-6-4-2)13-8-17-24(26)32/h7-9,12-18,31-32H,3-6,10-11H2,1-2H3,(H,29,33)(H,30,34). The number of aromatic hydroxyl groups is 2. The topological polar surface area (TPSA) is 98.7 Å². The fraction of sp³-hybridized carbons (Fsp3) is 0.286. The van der Waals surface area contributed by atoms with Gasteiger partial charge in [0.25, 0.3) is 11.8 Å². The highest BCUT2D eigenvalue weighted by Gasteiger charge is 2.18. The summed E-state index contributed by atoms with van der Waals surface area (Å²) in [5.74, 6) is -0.935. The smallest absolute Gasteiger partial charge is 0.259 e. The molecule has 0 atom stereocenters. The van der Waals surface area contributed by atoms with E-state index in [2.05, 4.69) is 24.5 Å². The van der Waals surface area contributed by atoms with Gasteiger partial charge >= 0.3 is 0 Å². The van der Waals surface area contributed by atoms with E-state index in [1.54, 1.807) is 36.4 Å². The summed E-state index contributed by atoms with van der Waals surface area (Å²) >= 11 is 0. The van der Waals surface area contributed by atoms with Crippen molar-refractivity contribution in [1.29, 1.82) is 0 Å².